The van der Waals surface area contributed by atoms with Gasteiger partial charge in [0.2, 0.25) is 0 Å². The molecule has 0 saturated heterocycles. The quantitative estimate of drug-likeness (QED) is 0.773. The van der Waals surface area contributed by atoms with Gasteiger partial charge in [-0.3, -0.25) is 14.3 Å². The van der Waals surface area contributed by atoms with Crippen molar-refractivity contribution in [3.63, 3.8) is 0 Å². The Kier molecular flexibility index (Phi) is 3.16. The number of nitrogens with zero attached hydrogens (tertiary/aromatic N) is 2. The van der Waals surface area contributed by atoms with Crippen LogP contribution in [0.2, 0.25) is 5.15 Å². The van der Waals surface area contributed by atoms with E-state index in [1.165, 1.54) is 23.5 Å². The topological polar surface area (TPSA) is 58.1 Å². The van der Waals surface area contributed by atoms with Gasteiger partial charge in [-0.1, -0.05) is 11.6 Å². The lowest BCUT2D eigenvalue weighted by molar-refractivity contribution is 0.305. The lowest BCUT2D eigenvalue weighted by Crippen LogP contribution is -2.38. The maximum atomic E-state index is 11.5. The number of likely N-dealkylation sites (N-methyl/N-ethyl adjacent to an activating group) is 1. The predicted octanol–water partition coefficient (Wildman–Crippen LogP) is 0.284. The van der Waals surface area contributed by atoms with E-state index in [-0.39, 0.29) is 10.7 Å². The number of hydrogen-bond donors (Lipinski definition) is 1. The Morgan fingerprint density at radius 3 is 2.81 bits per heavy atom. The Bertz CT molecular complexity index is 458. The summed E-state index contributed by atoms with van der Waals surface area (Å²) in [6, 6.07) is 1.85. The summed E-state index contributed by atoms with van der Waals surface area (Å²) < 4.78 is 1.17. The van der Waals surface area contributed by atoms with E-state index in [4.69, 9.17) is 11.6 Å². The highest BCUT2D eigenvalue weighted by molar-refractivity contribution is 6.29. The SMILES string of the molecule is CN(CCn1c(=O)cc(Cl)[nH]c1=O)C1CC1. The lowest BCUT2D eigenvalue weighted by Gasteiger charge is -2.15. The second-order valence-corrected chi connectivity index (χ2v) is 4.53. The summed E-state index contributed by atoms with van der Waals surface area (Å²) in [6.45, 7) is 1.10. The number of H-pyrrole nitrogens is 1. The molecule has 5 nitrogen and oxygen atoms in total. The molecule has 1 aromatic heterocycles. The molecule has 0 radical (unpaired) electrons. The Morgan fingerprint density at radius 1 is 1.56 bits per heavy atom. The van der Waals surface area contributed by atoms with Crippen LogP contribution in [0, 0.1) is 0 Å². The van der Waals surface area contributed by atoms with Crippen LogP contribution in [0.4, 0.5) is 0 Å². The molecule has 1 saturated carbocycles. The summed E-state index contributed by atoms with van der Waals surface area (Å²) in [5.74, 6) is 0. The highest BCUT2D eigenvalue weighted by atomic mass is 35.5. The van der Waals surface area contributed by atoms with Crippen LogP contribution in [0.3, 0.4) is 0 Å². The van der Waals surface area contributed by atoms with Crippen molar-refractivity contribution in [2.24, 2.45) is 0 Å². The minimum Gasteiger partial charge on any atom is -0.302 e. The summed E-state index contributed by atoms with van der Waals surface area (Å²) in [6.07, 6.45) is 2.42. The third-order valence-corrected chi connectivity index (χ3v) is 3.04. The maximum Gasteiger partial charge on any atom is 0.329 e. The van der Waals surface area contributed by atoms with Gasteiger partial charge in [0.15, 0.2) is 0 Å². The Balaban J connectivity index is 2.09. The molecule has 1 heterocycles. The second kappa shape index (κ2) is 4.43. The first-order valence-corrected chi connectivity index (χ1v) is 5.65. The summed E-state index contributed by atoms with van der Waals surface area (Å²) in [5, 5.41) is 0.0850. The number of halogens is 1. The summed E-state index contributed by atoms with van der Waals surface area (Å²) >= 11 is 5.57. The molecule has 16 heavy (non-hydrogen) atoms. The van der Waals surface area contributed by atoms with E-state index in [0.717, 1.165) is 0 Å². The van der Waals surface area contributed by atoms with Gasteiger partial charge in [0.05, 0.1) is 0 Å². The minimum absolute atomic E-state index is 0.0850. The number of nitrogens with one attached hydrogen (secondary N) is 1. The van der Waals surface area contributed by atoms with E-state index in [2.05, 4.69) is 9.88 Å². The van der Waals surface area contributed by atoms with Crippen LogP contribution in [0.25, 0.3) is 0 Å². The van der Waals surface area contributed by atoms with E-state index in [0.29, 0.717) is 19.1 Å². The van der Waals surface area contributed by atoms with E-state index >= 15 is 0 Å². The zero-order chi connectivity index (χ0) is 11.7. The first-order valence-electron chi connectivity index (χ1n) is 5.28. The molecule has 0 unspecified atom stereocenters. The first-order chi connectivity index (χ1) is 7.58. The normalized spacial score (nSPS) is 15.7. The zero-order valence-corrected chi connectivity index (χ0v) is 9.83. The van der Waals surface area contributed by atoms with Gasteiger partial charge in [0.1, 0.15) is 5.15 Å². The highest BCUT2D eigenvalue weighted by Crippen LogP contribution is 2.24. The van der Waals surface area contributed by atoms with Crippen LogP contribution < -0.4 is 11.2 Å². The fraction of sp³-hybridized carbons (Fsp3) is 0.600. The van der Waals surface area contributed by atoms with Crippen molar-refractivity contribution in [3.05, 3.63) is 32.1 Å². The second-order valence-electron chi connectivity index (χ2n) is 4.12. The van der Waals surface area contributed by atoms with Crippen LogP contribution in [0.1, 0.15) is 12.8 Å². The van der Waals surface area contributed by atoms with E-state index in [9.17, 15) is 9.59 Å². The Morgan fingerprint density at radius 2 is 2.25 bits per heavy atom. The molecule has 0 spiro atoms. The first kappa shape index (κ1) is 11.4. The van der Waals surface area contributed by atoms with Crippen LogP contribution in [-0.4, -0.2) is 34.1 Å². The Labute approximate surface area is 97.7 Å². The average Bonchev–Trinajstić information content (AvgIpc) is 2.98. The minimum atomic E-state index is -0.443. The van der Waals surface area contributed by atoms with Gasteiger partial charge in [0, 0.05) is 25.2 Å². The average molecular weight is 244 g/mol. The molecule has 1 fully saturated rings. The number of aromatic amines is 1. The predicted molar refractivity (Wildman–Crippen MR) is 62.0 cm³/mol. The molecule has 0 bridgehead atoms. The van der Waals surface area contributed by atoms with Crippen molar-refractivity contribution < 1.29 is 0 Å². The van der Waals surface area contributed by atoms with Crippen LogP contribution in [-0.2, 0) is 6.54 Å². The fourth-order valence-corrected chi connectivity index (χ4v) is 1.83. The maximum absolute atomic E-state index is 11.5. The van der Waals surface area contributed by atoms with Crippen LogP contribution in [0.5, 0.6) is 0 Å². The molecule has 1 aliphatic rings. The van der Waals surface area contributed by atoms with E-state index in [1.807, 2.05) is 7.05 Å². The number of aromatic nitrogens is 2. The van der Waals surface area contributed by atoms with Gasteiger partial charge in [-0.25, -0.2) is 4.79 Å². The highest BCUT2D eigenvalue weighted by Gasteiger charge is 2.25. The van der Waals surface area contributed by atoms with E-state index in [1.54, 1.807) is 0 Å². The molecule has 0 aliphatic heterocycles. The molecular formula is C10H14ClN3O2. The van der Waals surface area contributed by atoms with Gasteiger partial charge >= 0.3 is 5.69 Å². The van der Waals surface area contributed by atoms with Gasteiger partial charge in [-0.05, 0) is 19.9 Å². The van der Waals surface area contributed by atoms with Crippen molar-refractivity contribution in [1.82, 2.24) is 14.5 Å². The molecule has 1 N–H and O–H groups in total. The van der Waals surface area contributed by atoms with Crippen molar-refractivity contribution in [2.75, 3.05) is 13.6 Å². The third kappa shape index (κ3) is 2.54. The summed E-state index contributed by atoms with van der Waals surface area (Å²) in [7, 11) is 2.01. The smallest absolute Gasteiger partial charge is 0.302 e. The molecule has 88 valence electrons. The lowest BCUT2D eigenvalue weighted by atomic mass is 10.5. The fourth-order valence-electron chi connectivity index (χ4n) is 1.66. The van der Waals surface area contributed by atoms with Gasteiger partial charge in [-0.2, -0.15) is 0 Å². The standard InChI is InChI=1S/C10H14ClN3O2/c1-13(7-2-3-7)4-5-14-9(15)6-8(11)12-10(14)16/h6-7H,2-5H2,1H3,(H,12,16). The van der Waals surface area contributed by atoms with Crippen LogP contribution in [0.15, 0.2) is 15.7 Å². The number of rotatable bonds is 4. The van der Waals surface area contributed by atoms with Crippen molar-refractivity contribution in [3.8, 4) is 0 Å². The zero-order valence-electron chi connectivity index (χ0n) is 9.07. The van der Waals surface area contributed by atoms with Gasteiger partial charge in [0.25, 0.3) is 5.56 Å². The van der Waals surface area contributed by atoms with Crippen molar-refractivity contribution in [1.29, 1.82) is 0 Å². The summed E-state index contributed by atoms with van der Waals surface area (Å²) in [5.41, 5.74) is -0.792. The van der Waals surface area contributed by atoms with Gasteiger partial charge in [-0.15, -0.1) is 0 Å². The molecule has 6 heteroatoms. The molecule has 1 aromatic rings. The van der Waals surface area contributed by atoms with Gasteiger partial charge < -0.3 is 4.90 Å². The van der Waals surface area contributed by atoms with Crippen LogP contribution >= 0.6 is 11.6 Å². The number of hydrogen-bond acceptors (Lipinski definition) is 3. The largest absolute Gasteiger partial charge is 0.329 e. The monoisotopic (exact) mass is 243 g/mol. The van der Waals surface area contributed by atoms with Crippen molar-refractivity contribution >= 4 is 11.6 Å². The Hall–Kier alpha value is -1.07. The molecule has 0 aromatic carbocycles. The molecule has 0 atom stereocenters. The third-order valence-electron chi connectivity index (χ3n) is 2.83. The summed E-state index contributed by atoms with van der Waals surface area (Å²) in [4.78, 5) is 27.5. The van der Waals surface area contributed by atoms with E-state index < -0.39 is 5.69 Å². The molecular weight excluding hydrogens is 230 g/mol. The van der Waals surface area contributed by atoms with Crippen molar-refractivity contribution in [2.45, 2.75) is 25.4 Å². The molecule has 1 aliphatic carbocycles. The molecule has 2 rings (SSSR count). The molecule has 0 amide bonds.